The largest absolute Gasteiger partial charge is 0.481 e. The van der Waals surface area contributed by atoms with Crippen LogP contribution in [0, 0.1) is 12.8 Å². The predicted molar refractivity (Wildman–Crippen MR) is 80.8 cm³/mol. The summed E-state index contributed by atoms with van der Waals surface area (Å²) in [6, 6.07) is 8.98. The van der Waals surface area contributed by atoms with E-state index in [1.165, 1.54) is 24.0 Å². The minimum absolute atomic E-state index is 0.303. The van der Waals surface area contributed by atoms with Gasteiger partial charge in [-0.15, -0.1) is 0 Å². The molecule has 1 aromatic rings. The number of benzene rings is 1. The van der Waals surface area contributed by atoms with Gasteiger partial charge in [-0.1, -0.05) is 24.3 Å². The third kappa shape index (κ3) is 3.83. The van der Waals surface area contributed by atoms with Gasteiger partial charge < -0.3 is 5.11 Å². The molecular formula is C17H25NO2. The average molecular weight is 275 g/mol. The van der Waals surface area contributed by atoms with Crippen molar-refractivity contribution >= 4 is 5.97 Å². The molecule has 3 heteroatoms. The maximum Gasteiger partial charge on any atom is 0.303 e. The quantitative estimate of drug-likeness (QED) is 0.892. The van der Waals surface area contributed by atoms with Gasteiger partial charge in [0.2, 0.25) is 0 Å². The number of carboxylic acid groups (broad SMARTS) is 1. The summed E-state index contributed by atoms with van der Waals surface area (Å²) >= 11 is 0. The number of aryl methyl sites for hydroxylation is 1. The first kappa shape index (κ1) is 15.0. The molecule has 1 N–H and O–H groups in total. The molecule has 20 heavy (non-hydrogen) atoms. The van der Waals surface area contributed by atoms with Crippen molar-refractivity contribution in [1.29, 1.82) is 0 Å². The summed E-state index contributed by atoms with van der Waals surface area (Å²) in [5.74, 6) is -0.139. The zero-order chi connectivity index (χ0) is 14.5. The number of carboxylic acids is 1. The Morgan fingerprint density at radius 2 is 2.20 bits per heavy atom. The van der Waals surface area contributed by atoms with Gasteiger partial charge in [-0.05, 0) is 56.7 Å². The van der Waals surface area contributed by atoms with Crippen molar-refractivity contribution in [3.63, 3.8) is 0 Å². The van der Waals surface area contributed by atoms with E-state index in [0.717, 1.165) is 19.5 Å². The van der Waals surface area contributed by atoms with E-state index >= 15 is 0 Å². The van der Waals surface area contributed by atoms with Crippen molar-refractivity contribution < 1.29 is 9.90 Å². The molecule has 0 bridgehead atoms. The number of hydrogen-bond acceptors (Lipinski definition) is 2. The number of hydrogen-bond donors (Lipinski definition) is 1. The normalized spacial score (nSPS) is 21.6. The van der Waals surface area contributed by atoms with Gasteiger partial charge in [-0.2, -0.15) is 0 Å². The van der Waals surface area contributed by atoms with Crippen molar-refractivity contribution in [2.24, 2.45) is 5.92 Å². The van der Waals surface area contributed by atoms with Crippen LogP contribution in [0.2, 0.25) is 0 Å². The van der Waals surface area contributed by atoms with Crippen LogP contribution in [0.25, 0.3) is 0 Å². The third-order valence-corrected chi connectivity index (χ3v) is 4.50. The van der Waals surface area contributed by atoms with E-state index in [-0.39, 0.29) is 0 Å². The van der Waals surface area contributed by atoms with Crippen LogP contribution in [-0.4, -0.2) is 29.1 Å². The summed E-state index contributed by atoms with van der Waals surface area (Å²) in [5, 5.41) is 8.82. The van der Waals surface area contributed by atoms with Crippen molar-refractivity contribution in [2.45, 2.75) is 45.6 Å². The van der Waals surface area contributed by atoms with E-state index in [2.05, 4.69) is 43.0 Å². The Hall–Kier alpha value is -1.35. The topological polar surface area (TPSA) is 40.5 Å². The van der Waals surface area contributed by atoms with Gasteiger partial charge in [0.15, 0.2) is 0 Å². The number of carbonyl (C=O) groups is 1. The van der Waals surface area contributed by atoms with E-state index in [1.807, 2.05) is 0 Å². The molecule has 1 saturated heterocycles. The smallest absolute Gasteiger partial charge is 0.303 e. The molecule has 0 aromatic heterocycles. The molecule has 1 aliphatic heterocycles. The third-order valence-electron chi connectivity index (χ3n) is 4.50. The van der Waals surface area contributed by atoms with Crippen LogP contribution in [0.15, 0.2) is 24.3 Å². The van der Waals surface area contributed by atoms with Crippen LogP contribution in [0.5, 0.6) is 0 Å². The molecule has 0 radical (unpaired) electrons. The maximum atomic E-state index is 10.7. The Balaban J connectivity index is 1.98. The number of nitrogens with zero attached hydrogens (tertiary/aromatic N) is 1. The fourth-order valence-electron chi connectivity index (χ4n) is 3.26. The predicted octanol–water partition coefficient (Wildman–Crippen LogP) is 3.63. The lowest BCUT2D eigenvalue weighted by molar-refractivity contribution is -0.137. The molecule has 0 amide bonds. The van der Waals surface area contributed by atoms with Gasteiger partial charge in [0, 0.05) is 19.0 Å². The highest BCUT2D eigenvalue weighted by atomic mass is 16.4. The minimum atomic E-state index is -0.672. The molecule has 2 rings (SSSR count). The number of likely N-dealkylation sites (tertiary alicyclic amines) is 1. The summed E-state index contributed by atoms with van der Waals surface area (Å²) in [6.07, 6.45) is 3.47. The van der Waals surface area contributed by atoms with Gasteiger partial charge in [-0.3, -0.25) is 9.69 Å². The first-order chi connectivity index (χ1) is 9.58. The molecule has 1 heterocycles. The molecule has 1 aromatic carbocycles. The fraction of sp³-hybridized carbons (Fsp3) is 0.588. The zero-order valence-electron chi connectivity index (χ0n) is 12.5. The molecule has 110 valence electrons. The zero-order valence-corrected chi connectivity index (χ0v) is 12.5. The van der Waals surface area contributed by atoms with Gasteiger partial charge in [0.1, 0.15) is 0 Å². The highest BCUT2D eigenvalue weighted by Crippen LogP contribution is 2.29. The van der Waals surface area contributed by atoms with Crippen LogP contribution >= 0.6 is 0 Å². The van der Waals surface area contributed by atoms with Crippen LogP contribution in [0.3, 0.4) is 0 Å². The molecule has 2 atom stereocenters. The highest BCUT2D eigenvalue weighted by molar-refractivity contribution is 5.66. The minimum Gasteiger partial charge on any atom is -0.481 e. The van der Waals surface area contributed by atoms with Crippen LogP contribution in [0.1, 0.15) is 49.8 Å². The van der Waals surface area contributed by atoms with E-state index in [4.69, 9.17) is 5.11 Å². The van der Waals surface area contributed by atoms with Crippen LogP contribution in [-0.2, 0) is 4.79 Å². The Kier molecular flexibility index (Phi) is 5.18. The number of piperidine rings is 1. The van der Waals surface area contributed by atoms with Crippen LogP contribution < -0.4 is 0 Å². The molecule has 0 aliphatic carbocycles. The lowest BCUT2D eigenvalue weighted by Crippen LogP contribution is -2.37. The molecule has 0 saturated carbocycles. The summed E-state index contributed by atoms with van der Waals surface area (Å²) in [6.45, 7) is 6.58. The van der Waals surface area contributed by atoms with E-state index < -0.39 is 5.97 Å². The maximum absolute atomic E-state index is 10.7. The van der Waals surface area contributed by atoms with Gasteiger partial charge in [0.25, 0.3) is 0 Å². The van der Waals surface area contributed by atoms with Crippen molar-refractivity contribution in [3.8, 4) is 0 Å². The van der Waals surface area contributed by atoms with Gasteiger partial charge >= 0.3 is 5.97 Å². The molecule has 1 aliphatic rings. The molecule has 3 nitrogen and oxygen atoms in total. The van der Waals surface area contributed by atoms with Crippen molar-refractivity contribution in [2.75, 3.05) is 13.1 Å². The summed E-state index contributed by atoms with van der Waals surface area (Å²) in [5.41, 5.74) is 2.74. The standard InChI is InChI=1S/C17H25NO2/c1-13-6-3-4-8-16(13)14(2)18-11-5-7-15(12-18)9-10-17(19)20/h3-4,6,8,14-15H,5,7,9-12H2,1-2H3,(H,19,20). The summed E-state index contributed by atoms with van der Waals surface area (Å²) in [7, 11) is 0. The van der Waals surface area contributed by atoms with Gasteiger partial charge in [-0.25, -0.2) is 0 Å². The second kappa shape index (κ2) is 6.89. The Bertz CT molecular complexity index is 458. The SMILES string of the molecule is Cc1ccccc1C(C)N1CCCC(CCC(=O)O)C1. The fourth-order valence-corrected chi connectivity index (χ4v) is 3.26. The second-order valence-electron chi connectivity index (χ2n) is 5.97. The number of rotatable bonds is 5. The Morgan fingerprint density at radius 3 is 2.90 bits per heavy atom. The van der Waals surface area contributed by atoms with Crippen molar-refractivity contribution in [1.82, 2.24) is 4.90 Å². The first-order valence-electron chi connectivity index (χ1n) is 7.59. The molecule has 1 fully saturated rings. The lowest BCUT2D eigenvalue weighted by atomic mass is 9.91. The van der Waals surface area contributed by atoms with E-state index in [9.17, 15) is 4.79 Å². The van der Waals surface area contributed by atoms with Crippen molar-refractivity contribution in [3.05, 3.63) is 35.4 Å². The lowest BCUT2D eigenvalue weighted by Gasteiger charge is -2.37. The highest BCUT2D eigenvalue weighted by Gasteiger charge is 2.25. The summed E-state index contributed by atoms with van der Waals surface area (Å²) in [4.78, 5) is 13.2. The average Bonchev–Trinajstić information content (AvgIpc) is 2.45. The van der Waals surface area contributed by atoms with Gasteiger partial charge in [0.05, 0.1) is 0 Å². The first-order valence-corrected chi connectivity index (χ1v) is 7.59. The Morgan fingerprint density at radius 1 is 1.45 bits per heavy atom. The summed E-state index contributed by atoms with van der Waals surface area (Å²) < 4.78 is 0. The molecule has 0 spiro atoms. The number of aliphatic carboxylic acids is 1. The second-order valence-corrected chi connectivity index (χ2v) is 5.97. The van der Waals surface area contributed by atoms with E-state index in [1.54, 1.807) is 0 Å². The molecule has 2 unspecified atom stereocenters. The monoisotopic (exact) mass is 275 g/mol. The Labute approximate surface area is 121 Å². The van der Waals surface area contributed by atoms with Crippen LogP contribution in [0.4, 0.5) is 0 Å². The van der Waals surface area contributed by atoms with E-state index in [0.29, 0.717) is 18.4 Å². The molecular weight excluding hydrogens is 250 g/mol.